The molecule has 0 bridgehead atoms. The van der Waals surface area contributed by atoms with Gasteiger partial charge in [-0.15, -0.1) is 0 Å². The zero-order chi connectivity index (χ0) is 12.3. The largest absolute Gasteiger partial charge is 0.481 e. The smallest absolute Gasteiger partial charge is 0.307 e. The summed E-state index contributed by atoms with van der Waals surface area (Å²) in [7, 11) is 0. The van der Waals surface area contributed by atoms with Crippen molar-refractivity contribution >= 4 is 11.9 Å². The van der Waals surface area contributed by atoms with Gasteiger partial charge in [-0.05, 0) is 25.7 Å². The number of carboxylic acids is 1. The predicted octanol–water partition coefficient (Wildman–Crippen LogP) is 1.71. The van der Waals surface area contributed by atoms with E-state index in [9.17, 15) is 9.59 Å². The summed E-state index contributed by atoms with van der Waals surface area (Å²) in [4.78, 5) is 23.2. The minimum absolute atomic E-state index is 0.0753. The first kappa shape index (κ1) is 12.1. The van der Waals surface area contributed by atoms with E-state index in [1.807, 2.05) is 12.2 Å². The minimum Gasteiger partial charge on any atom is -0.481 e. The van der Waals surface area contributed by atoms with Crippen molar-refractivity contribution in [3.63, 3.8) is 0 Å². The van der Waals surface area contributed by atoms with Crippen molar-refractivity contribution in [1.29, 1.82) is 0 Å². The summed E-state index contributed by atoms with van der Waals surface area (Å²) in [5.74, 6) is -1.88. The van der Waals surface area contributed by atoms with E-state index in [-0.39, 0.29) is 11.9 Å². The molecule has 4 heteroatoms. The molecule has 4 nitrogen and oxygen atoms in total. The predicted molar refractivity (Wildman–Crippen MR) is 63.4 cm³/mol. The summed E-state index contributed by atoms with van der Waals surface area (Å²) >= 11 is 0. The molecule has 17 heavy (non-hydrogen) atoms. The molecule has 0 aromatic rings. The van der Waals surface area contributed by atoms with Gasteiger partial charge in [0, 0.05) is 6.04 Å². The number of nitrogens with one attached hydrogen (secondary N) is 1. The van der Waals surface area contributed by atoms with Gasteiger partial charge in [0.1, 0.15) is 0 Å². The van der Waals surface area contributed by atoms with Gasteiger partial charge in [-0.2, -0.15) is 0 Å². The first-order valence-electron chi connectivity index (χ1n) is 6.36. The number of amides is 1. The molecule has 1 fully saturated rings. The van der Waals surface area contributed by atoms with Crippen molar-refractivity contribution in [2.75, 3.05) is 0 Å². The summed E-state index contributed by atoms with van der Waals surface area (Å²) in [6, 6.07) is 0.267. The third-order valence-electron chi connectivity index (χ3n) is 3.79. The van der Waals surface area contributed by atoms with E-state index < -0.39 is 17.8 Å². The van der Waals surface area contributed by atoms with E-state index in [0.717, 1.165) is 25.7 Å². The van der Waals surface area contributed by atoms with Crippen LogP contribution in [0.2, 0.25) is 0 Å². The molecule has 0 aliphatic heterocycles. The summed E-state index contributed by atoms with van der Waals surface area (Å²) in [6.07, 6.45) is 9.19. The number of hydrogen-bond acceptors (Lipinski definition) is 2. The van der Waals surface area contributed by atoms with Crippen LogP contribution in [0.4, 0.5) is 0 Å². The normalized spacial score (nSPS) is 29.2. The van der Waals surface area contributed by atoms with E-state index in [1.165, 1.54) is 0 Å². The lowest BCUT2D eigenvalue weighted by Crippen LogP contribution is -2.42. The second kappa shape index (κ2) is 5.34. The lowest BCUT2D eigenvalue weighted by molar-refractivity contribution is -0.147. The molecule has 2 atom stereocenters. The average molecular weight is 237 g/mol. The van der Waals surface area contributed by atoms with Crippen molar-refractivity contribution in [1.82, 2.24) is 5.32 Å². The molecule has 1 saturated carbocycles. The molecule has 0 radical (unpaired) electrons. The lowest BCUT2D eigenvalue weighted by Gasteiger charge is -2.25. The Bertz CT molecular complexity index is 332. The Morgan fingerprint density at radius 3 is 2.24 bits per heavy atom. The highest BCUT2D eigenvalue weighted by atomic mass is 16.4. The number of rotatable bonds is 3. The van der Waals surface area contributed by atoms with Gasteiger partial charge >= 0.3 is 5.97 Å². The Morgan fingerprint density at radius 1 is 1.06 bits per heavy atom. The number of carboxylic acid groups (broad SMARTS) is 1. The first-order valence-corrected chi connectivity index (χ1v) is 6.36. The Morgan fingerprint density at radius 2 is 1.65 bits per heavy atom. The van der Waals surface area contributed by atoms with Gasteiger partial charge in [0.15, 0.2) is 0 Å². The molecule has 2 aliphatic rings. The summed E-state index contributed by atoms with van der Waals surface area (Å²) in [5.41, 5.74) is 0. The van der Waals surface area contributed by atoms with Crippen LogP contribution in [-0.2, 0) is 9.59 Å². The fourth-order valence-electron chi connectivity index (χ4n) is 2.76. The zero-order valence-corrected chi connectivity index (χ0v) is 9.89. The maximum absolute atomic E-state index is 12.1. The highest BCUT2D eigenvalue weighted by Gasteiger charge is 2.34. The summed E-state index contributed by atoms with van der Waals surface area (Å²) in [5, 5.41) is 12.1. The highest BCUT2D eigenvalue weighted by Crippen LogP contribution is 2.27. The van der Waals surface area contributed by atoms with Crippen molar-refractivity contribution in [2.45, 2.75) is 44.6 Å². The van der Waals surface area contributed by atoms with Crippen LogP contribution < -0.4 is 5.32 Å². The van der Waals surface area contributed by atoms with Crippen LogP contribution in [0.5, 0.6) is 0 Å². The molecular formula is C13H19NO3. The van der Waals surface area contributed by atoms with Crippen LogP contribution in [-0.4, -0.2) is 23.0 Å². The molecule has 1 amide bonds. The number of carbonyl (C=O) groups is 2. The van der Waals surface area contributed by atoms with Gasteiger partial charge in [-0.3, -0.25) is 9.59 Å². The Kier molecular flexibility index (Phi) is 3.82. The fraction of sp³-hybridized carbons (Fsp3) is 0.692. The fourth-order valence-corrected chi connectivity index (χ4v) is 2.76. The van der Waals surface area contributed by atoms with Gasteiger partial charge < -0.3 is 10.4 Å². The van der Waals surface area contributed by atoms with Crippen LogP contribution >= 0.6 is 0 Å². The molecule has 0 aromatic carbocycles. The number of allylic oxidation sites excluding steroid dienone is 2. The van der Waals surface area contributed by atoms with E-state index in [1.54, 1.807) is 0 Å². The van der Waals surface area contributed by atoms with E-state index >= 15 is 0 Å². The maximum Gasteiger partial charge on any atom is 0.307 e. The number of carbonyl (C=O) groups excluding carboxylic acids is 1. The quantitative estimate of drug-likeness (QED) is 0.734. The van der Waals surface area contributed by atoms with Gasteiger partial charge in [-0.25, -0.2) is 0 Å². The van der Waals surface area contributed by atoms with Gasteiger partial charge in [0.2, 0.25) is 5.91 Å². The lowest BCUT2D eigenvalue weighted by atomic mass is 9.82. The number of hydrogen-bond donors (Lipinski definition) is 2. The van der Waals surface area contributed by atoms with E-state index in [4.69, 9.17) is 5.11 Å². The Labute approximate surface area is 101 Å². The molecule has 0 heterocycles. The van der Waals surface area contributed by atoms with Gasteiger partial charge in [-0.1, -0.05) is 25.0 Å². The Balaban J connectivity index is 1.96. The molecule has 0 aromatic heterocycles. The van der Waals surface area contributed by atoms with Crippen LogP contribution in [0, 0.1) is 11.8 Å². The molecule has 94 valence electrons. The molecular weight excluding hydrogens is 218 g/mol. The zero-order valence-electron chi connectivity index (χ0n) is 9.89. The van der Waals surface area contributed by atoms with Crippen molar-refractivity contribution in [3.8, 4) is 0 Å². The first-order chi connectivity index (χ1) is 8.18. The van der Waals surface area contributed by atoms with Crippen molar-refractivity contribution in [3.05, 3.63) is 12.2 Å². The second-order valence-electron chi connectivity index (χ2n) is 4.98. The topological polar surface area (TPSA) is 66.4 Å². The average Bonchev–Trinajstić information content (AvgIpc) is 2.81. The third kappa shape index (κ3) is 2.87. The van der Waals surface area contributed by atoms with Crippen LogP contribution in [0.15, 0.2) is 12.2 Å². The van der Waals surface area contributed by atoms with Crippen molar-refractivity contribution < 1.29 is 14.7 Å². The minimum atomic E-state index is -0.860. The number of aliphatic carboxylic acids is 1. The summed E-state index contributed by atoms with van der Waals surface area (Å²) in [6.45, 7) is 0. The van der Waals surface area contributed by atoms with E-state index in [0.29, 0.717) is 12.8 Å². The van der Waals surface area contributed by atoms with Crippen LogP contribution in [0.3, 0.4) is 0 Å². The second-order valence-corrected chi connectivity index (χ2v) is 4.98. The highest BCUT2D eigenvalue weighted by molar-refractivity contribution is 5.85. The summed E-state index contributed by atoms with van der Waals surface area (Å²) < 4.78 is 0. The van der Waals surface area contributed by atoms with Crippen LogP contribution in [0.25, 0.3) is 0 Å². The monoisotopic (exact) mass is 237 g/mol. The Hall–Kier alpha value is -1.32. The molecule has 0 spiro atoms. The maximum atomic E-state index is 12.1. The molecule has 0 unspecified atom stereocenters. The standard InChI is InChI=1S/C13H19NO3/c15-12(14-9-5-1-2-6-9)10-7-3-4-8-11(10)13(16)17/h3-4,9-11H,1-2,5-8H2,(H,14,15)(H,16,17)/t10-,11-/m0/s1. The van der Waals surface area contributed by atoms with Gasteiger partial charge in [0.05, 0.1) is 11.8 Å². The molecule has 2 rings (SSSR count). The SMILES string of the molecule is O=C(O)[C@H]1CC=CC[C@@H]1C(=O)NC1CCCC1. The molecule has 2 aliphatic carbocycles. The van der Waals surface area contributed by atoms with Crippen molar-refractivity contribution in [2.24, 2.45) is 11.8 Å². The third-order valence-corrected chi connectivity index (χ3v) is 3.79. The molecule has 0 saturated heterocycles. The van der Waals surface area contributed by atoms with E-state index in [2.05, 4.69) is 5.32 Å². The molecule has 2 N–H and O–H groups in total. The van der Waals surface area contributed by atoms with Gasteiger partial charge in [0.25, 0.3) is 0 Å². The van der Waals surface area contributed by atoms with Crippen LogP contribution in [0.1, 0.15) is 38.5 Å².